The minimum Gasteiger partial charge on any atom is -0.316 e. The van der Waals surface area contributed by atoms with E-state index >= 15 is 0 Å². The molecule has 0 radical (unpaired) electrons. The number of fused-ring (bicyclic) bond motifs is 1. The number of nitrogens with zero attached hydrogens (tertiary/aromatic N) is 7. The lowest BCUT2D eigenvalue weighted by Crippen LogP contribution is -2.26. The molecule has 2 aliphatic rings. The molecule has 0 unspecified atom stereocenters. The first-order valence-corrected chi connectivity index (χ1v) is 12.7. The predicted molar refractivity (Wildman–Crippen MR) is 119 cm³/mol. The van der Waals surface area contributed by atoms with Gasteiger partial charge in [-0.15, -0.1) is 0 Å². The third-order valence-corrected chi connectivity index (χ3v) is 8.29. The number of sulfone groups is 1. The summed E-state index contributed by atoms with van der Waals surface area (Å²) in [4.78, 5) is 22.4. The van der Waals surface area contributed by atoms with Crippen LogP contribution in [-0.2, 0) is 36.2 Å². The van der Waals surface area contributed by atoms with E-state index in [2.05, 4.69) is 21.1 Å². The molecule has 0 saturated heterocycles. The van der Waals surface area contributed by atoms with Crippen molar-refractivity contribution in [2.75, 3.05) is 10.7 Å². The molecule has 3 aromatic rings. The van der Waals surface area contributed by atoms with E-state index in [1.54, 1.807) is 10.9 Å². The Labute approximate surface area is 203 Å². The van der Waals surface area contributed by atoms with Crippen molar-refractivity contribution in [1.82, 2.24) is 24.3 Å². The van der Waals surface area contributed by atoms with Gasteiger partial charge in [0.2, 0.25) is 0 Å². The normalized spacial score (nSPS) is 16.8. The highest BCUT2D eigenvalue weighted by Crippen LogP contribution is 2.46. The summed E-state index contributed by atoms with van der Waals surface area (Å²) in [7, 11) is -2.42. The number of alkyl halides is 3. The Balaban J connectivity index is 1.57. The van der Waals surface area contributed by atoms with Crippen LogP contribution >= 0.6 is 0 Å². The maximum Gasteiger partial charge on any atom is 0.417 e. The van der Waals surface area contributed by atoms with Crippen LogP contribution in [0.1, 0.15) is 41.4 Å². The lowest BCUT2D eigenvalue weighted by Gasteiger charge is -2.15. The molecule has 10 nitrogen and oxygen atoms in total. The fourth-order valence-corrected chi connectivity index (χ4v) is 5.43. The van der Waals surface area contributed by atoms with Crippen LogP contribution in [0.15, 0.2) is 29.7 Å². The molecule has 14 heteroatoms. The number of carbonyl (C=O) groups excluding carboxylic acids is 1. The molecule has 0 bridgehead atoms. The van der Waals surface area contributed by atoms with Crippen molar-refractivity contribution in [3.05, 3.63) is 41.5 Å². The predicted octanol–water partition coefficient (Wildman–Crippen LogP) is 2.96. The third-order valence-electron chi connectivity index (χ3n) is 6.48. The Hall–Kier alpha value is -3.73. The molecule has 0 spiro atoms. The van der Waals surface area contributed by atoms with Gasteiger partial charge in [-0.2, -0.15) is 23.5 Å². The summed E-state index contributed by atoms with van der Waals surface area (Å²) in [6, 6.07) is 3.00. The summed E-state index contributed by atoms with van der Waals surface area (Å²) in [6.07, 6.45) is 0.627. The van der Waals surface area contributed by atoms with Crippen LogP contribution in [0.25, 0.3) is 11.4 Å². The van der Waals surface area contributed by atoms with E-state index < -0.39 is 32.9 Å². The van der Waals surface area contributed by atoms with Crippen molar-refractivity contribution in [1.29, 1.82) is 5.26 Å². The summed E-state index contributed by atoms with van der Waals surface area (Å²) >= 11 is 0. The number of rotatable bonds is 6. The molecule has 5 rings (SSSR count). The zero-order valence-corrected chi connectivity index (χ0v) is 20.1. The molecule has 1 aliphatic heterocycles. The molecular formula is C22H20F3N7O3S. The summed E-state index contributed by atoms with van der Waals surface area (Å²) in [6.45, 7) is 1.60. The van der Waals surface area contributed by atoms with Crippen molar-refractivity contribution >= 4 is 21.6 Å². The average Bonchev–Trinajstić information content (AvgIpc) is 3.12. The molecule has 36 heavy (non-hydrogen) atoms. The van der Waals surface area contributed by atoms with Gasteiger partial charge in [-0.3, -0.25) is 19.4 Å². The van der Waals surface area contributed by atoms with Gasteiger partial charge in [0.25, 0.3) is 5.91 Å². The molecule has 4 heterocycles. The van der Waals surface area contributed by atoms with Gasteiger partial charge in [-0.25, -0.2) is 13.4 Å². The van der Waals surface area contributed by atoms with Crippen molar-refractivity contribution < 1.29 is 26.4 Å². The second kappa shape index (κ2) is 7.89. The van der Waals surface area contributed by atoms with Crippen molar-refractivity contribution in [2.45, 2.75) is 44.1 Å². The van der Waals surface area contributed by atoms with Crippen LogP contribution in [0.3, 0.4) is 0 Å². The fourth-order valence-electron chi connectivity index (χ4n) is 4.22. The Morgan fingerprint density at radius 3 is 2.58 bits per heavy atom. The molecule has 0 aromatic carbocycles. The van der Waals surface area contributed by atoms with E-state index in [0.717, 1.165) is 23.8 Å². The summed E-state index contributed by atoms with van der Waals surface area (Å²) in [5.74, 6) is -1.08. The van der Waals surface area contributed by atoms with Crippen LogP contribution in [0.5, 0.6) is 0 Å². The van der Waals surface area contributed by atoms with Gasteiger partial charge in [0.15, 0.2) is 20.7 Å². The smallest absolute Gasteiger partial charge is 0.316 e. The zero-order valence-electron chi connectivity index (χ0n) is 19.2. The standard InChI is InChI=1S/C22H20F3N7O3S/c1-3-36(34,35)20-18(32-10-16-15(19(32)33)6-14(8-27-16)22(23,24)25)29-17(30(20)2)13-7-28-31(9-13)12-21(11-26)4-5-21/h6-9H,3-5,10,12H2,1-2H3. The van der Waals surface area contributed by atoms with Crippen LogP contribution in [0.2, 0.25) is 0 Å². The number of aromatic nitrogens is 5. The van der Waals surface area contributed by atoms with Gasteiger partial charge < -0.3 is 4.57 Å². The van der Waals surface area contributed by atoms with E-state index in [9.17, 15) is 31.6 Å². The fraction of sp³-hybridized carbons (Fsp3) is 0.409. The van der Waals surface area contributed by atoms with E-state index in [0.29, 0.717) is 18.3 Å². The summed E-state index contributed by atoms with van der Waals surface area (Å²) in [5.41, 5.74) is -1.22. The van der Waals surface area contributed by atoms with Gasteiger partial charge in [0, 0.05) is 19.4 Å². The Morgan fingerprint density at radius 1 is 1.25 bits per heavy atom. The lowest BCUT2D eigenvalue weighted by molar-refractivity contribution is -0.137. The number of amides is 1. The molecule has 1 aliphatic carbocycles. The monoisotopic (exact) mass is 519 g/mol. The number of halogens is 3. The molecule has 1 saturated carbocycles. The van der Waals surface area contributed by atoms with E-state index in [1.165, 1.54) is 24.7 Å². The van der Waals surface area contributed by atoms with Gasteiger partial charge in [0.05, 0.1) is 58.9 Å². The largest absolute Gasteiger partial charge is 0.417 e. The van der Waals surface area contributed by atoms with Crippen LogP contribution in [0.4, 0.5) is 19.0 Å². The molecule has 3 aromatic heterocycles. The maximum absolute atomic E-state index is 13.2. The highest BCUT2D eigenvalue weighted by atomic mass is 32.2. The molecule has 188 valence electrons. The second-order valence-corrected chi connectivity index (χ2v) is 11.1. The van der Waals surface area contributed by atoms with Crippen LogP contribution < -0.4 is 4.90 Å². The minimum absolute atomic E-state index is 0.0964. The first kappa shape index (κ1) is 24.0. The first-order valence-electron chi connectivity index (χ1n) is 11.0. The highest BCUT2D eigenvalue weighted by molar-refractivity contribution is 7.91. The number of hydrogen-bond acceptors (Lipinski definition) is 7. The van der Waals surface area contributed by atoms with Crippen LogP contribution in [0, 0.1) is 16.7 Å². The summed E-state index contributed by atoms with van der Waals surface area (Å²) < 4.78 is 68.5. The second-order valence-electron chi connectivity index (χ2n) is 8.95. The van der Waals surface area contributed by atoms with Gasteiger partial charge in [-0.05, 0) is 18.9 Å². The zero-order chi connectivity index (χ0) is 26.0. The first-order chi connectivity index (χ1) is 16.9. The van der Waals surface area contributed by atoms with Gasteiger partial charge >= 0.3 is 6.18 Å². The average molecular weight is 520 g/mol. The minimum atomic E-state index is -4.69. The quantitative estimate of drug-likeness (QED) is 0.490. The number of nitriles is 1. The Kier molecular flexibility index (Phi) is 5.26. The number of carbonyl (C=O) groups is 1. The number of anilines is 1. The third kappa shape index (κ3) is 3.83. The van der Waals surface area contributed by atoms with E-state index in [1.807, 2.05) is 0 Å². The maximum atomic E-state index is 13.2. The molecular weight excluding hydrogens is 499 g/mol. The molecule has 0 atom stereocenters. The van der Waals surface area contributed by atoms with Gasteiger partial charge in [0.1, 0.15) is 5.82 Å². The van der Waals surface area contributed by atoms with Crippen LogP contribution in [-0.4, -0.2) is 44.4 Å². The number of pyridine rings is 1. The Morgan fingerprint density at radius 2 is 1.97 bits per heavy atom. The van der Waals surface area contributed by atoms with Crippen molar-refractivity contribution in [3.63, 3.8) is 0 Å². The summed E-state index contributed by atoms with van der Waals surface area (Å²) in [5, 5.41) is 13.4. The Bertz CT molecular complexity index is 1550. The van der Waals surface area contributed by atoms with E-state index in [-0.39, 0.29) is 40.2 Å². The van der Waals surface area contributed by atoms with E-state index in [4.69, 9.17) is 0 Å². The SMILES string of the molecule is CCS(=O)(=O)c1c(N2Cc3ncc(C(F)(F)F)cc3C2=O)nc(-c2cnn(CC3(C#N)CC3)c2)n1C. The molecule has 1 amide bonds. The van der Waals surface area contributed by atoms with Crippen molar-refractivity contribution in [3.8, 4) is 17.5 Å². The topological polar surface area (TPSA) is 127 Å². The van der Waals surface area contributed by atoms with Gasteiger partial charge in [-0.1, -0.05) is 6.92 Å². The number of hydrogen-bond donors (Lipinski definition) is 0. The number of imidazole rings is 1. The highest BCUT2D eigenvalue weighted by Gasteiger charge is 2.44. The molecule has 1 fully saturated rings. The lowest BCUT2D eigenvalue weighted by atomic mass is 10.1. The molecule has 0 N–H and O–H groups in total. The van der Waals surface area contributed by atoms with Crippen molar-refractivity contribution in [2.24, 2.45) is 12.5 Å².